The lowest BCUT2D eigenvalue weighted by atomic mass is 10.1. The summed E-state index contributed by atoms with van der Waals surface area (Å²) in [7, 11) is 1.78. The molecule has 0 atom stereocenters. The van der Waals surface area contributed by atoms with Crippen molar-refractivity contribution in [1.82, 2.24) is 15.2 Å². The molecule has 6 nitrogen and oxygen atoms in total. The lowest BCUT2D eigenvalue weighted by molar-refractivity contribution is 0.102. The molecule has 0 saturated heterocycles. The molecule has 2 aromatic rings. The molecule has 0 aliphatic carbocycles. The molecule has 0 aliphatic heterocycles. The van der Waals surface area contributed by atoms with Gasteiger partial charge in [0.15, 0.2) is 0 Å². The summed E-state index contributed by atoms with van der Waals surface area (Å²) in [4.78, 5) is 16.7. The molecule has 0 spiro atoms. The first-order valence-corrected chi connectivity index (χ1v) is 7.12. The zero-order valence-electron chi connectivity index (χ0n) is 11.9. The summed E-state index contributed by atoms with van der Waals surface area (Å²) in [6.45, 7) is 5.92. The number of rotatable bonds is 4. The van der Waals surface area contributed by atoms with Gasteiger partial charge in [0.05, 0.1) is 0 Å². The van der Waals surface area contributed by atoms with Crippen molar-refractivity contribution >= 4 is 28.2 Å². The van der Waals surface area contributed by atoms with E-state index in [0.29, 0.717) is 16.5 Å². The average Bonchev–Trinajstić information content (AvgIpc) is 2.83. The van der Waals surface area contributed by atoms with Crippen LogP contribution in [0.1, 0.15) is 40.8 Å². The van der Waals surface area contributed by atoms with Gasteiger partial charge in [-0.25, -0.2) is 4.98 Å². The third kappa shape index (κ3) is 3.30. The quantitative estimate of drug-likeness (QED) is 0.905. The fourth-order valence-electron chi connectivity index (χ4n) is 1.62. The standard InChI is InChI=1S/C13H17N5OS/c1-7(2)10-5-9(6-11(14-4)15-10)12(19)16-13-18-17-8(3)20-13/h5-7H,1-4H3,(H,14,15)(H,16,18,19). The third-order valence-electron chi connectivity index (χ3n) is 2.70. The van der Waals surface area contributed by atoms with Crippen LogP contribution in [0.2, 0.25) is 0 Å². The van der Waals surface area contributed by atoms with E-state index >= 15 is 0 Å². The fraction of sp³-hybridized carbons (Fsp3) is 0.385. The van der Waals surface area contributed by atoms with Crippen molar-refractivity contribution in [1.29, 1.82) is 0 Å². The molecular formula is C13H17N5OS. The van der Waals surface area contributed by atoms with Gasteiger partial charge < -0.3 is 5.32 Å². The van der Waals surface area contributed by atoms with Crippen molar-refractivity contribution in [2.24, 2.45) is 0 Å². The summed E-state index contributed by atoms with van der Waals surface area (Å²) in [6, 6.07) is 3.52. The molecule has 2 heterocycles. The highest BCUT2D eigenvalue weighted by Crippen LogP contribution is 2.19. The molecule has 1 amide bonds. The van der Waals surface area contributed by atoms with Crippen LogP contribution in [0.5, 0.6) is 0 Å². The Morgan fingerprint density at radius 1 is 1.30 bits per heavy atom. The number of carbonyl (C=O) groups is 1. The molecule has 0 aromatic carbocycles. The van der Waals surface area contributed by atoms with Crippen LogP contribution in [0.25, 0.3) is 0 Å². The molecule has 0 aliphatic rings. The summed E-state index contributed by atoms with van der Waals surface area (Å²) in [5.74, 6) is 0.718. The Kier molecular flexibility index (Phi) is 4.29. The normalized spacial score (nSPS) is 10.7. The molecule has 106 valence electrons. The zero-order chi connectivity index (χ0) is 14.7. The van der Waals surface area contributed by atoms with Crippen LogP contribution in [0.4, 0.5) is 10.9 Å². The molecule has 2 rings (SSSR count). The van der Waals surface area contributed by atoms with Crippen molar-refractivity contribution in [3.8, 4) is 0 Å². The van der Waals surface area contributed by atoms with Gasteiger partial charge in [0.25, 0.3) is 5.91 Å². The van der Waals surface area contributed by atoms with E-state index in [9.17, 15) is 4.79 Å². The molecule has 0 bridgehead atoms. The lowest BCUT2D eigenvalue weighted by Crippen LogP contribution is -2.13. The summed E-state index contributed by atoms with van der Waals surface area (Å²) in [6.07, 6.45) is 0. The number of nitrogens with zero attached hydrogens (tertiary/aromatic N) is 3. The number of aromatic nitrogens is 3. The Morgan fingerprint density at radius 3 is 2.60 bits per heavy atom. The highest BCUT2D eigenvalue weighted by Gasteiger charge is 2.13. The molecule has 0 fully saturated rings. The number of nitrogens with one attached hydrogen (secondary N) is 2. The monoisotopic (exact) mass is 291 g/mol. The lowest BCUT2D eigenvalue weighted by Gasteiger charge is -2.10. The van der Waals surface area contributed by atoms with Crippen LogP contribution >= 0.6 is 11.3 Å². The fourth-order valence-corrected chi connectivity index (χ4v) is 2.21. The second-order valence-electron chi connectivity index (χ2n) is 4.65. The maximum atomic E-state index is 12.2. The van der Waals surface area contributed by atoms with Gasteiger partial charge in [-0.05, 0) is 25.0 Å². The van der Waals surface area contributed by atoms with Crippen LogP contribution in [-0.4, -0.2) is 28.1 Å². The molecule has 2 aromatic heterocycles. The van der Waals surface area contributed by atoms with E-state index in [1.54, 1.807) is 19.2 Å². The topological polar surface area (TPSA) is 79.8 Å². The van der Waals surface area contributed by atoms with Gasteiger partial charge >= 0.3 is 0 Å². The summed E-state index contributed by atoms with van der Waals surface area (Å²) in [5.41, 5.74) is 1.43. The maximum Gasteiger partial charge on any atom is 0.257 e. The van der Waals surface area contributed by atoms with Crippen LogP contribution in [0.3, 0.4) is 0 Å². The molecule has 2 N–H and O–H groups in total. The minimum atomic E-state index is -0.207. The van der Waals surface area contributed by atoms with Gasteiger partial charge in [-0.2, -0.15) is 0 Å². The molecule has 0 radical (unpaired) electrons. The smallest absolute Gasteiger partial charge is 0.257 e. The van der Waals surface area contributed by atoms with Crippen molar-refractivity contribution in [3.63, 3.8) is 0 Å². The van der Waals surface area contributed by atoms with Gasteiger partial charge in [0.2, 0.25) is 5.13 Å². The van der Waals surface area contributed by atoms with E-state index in [-0.39, 0.29) is 11.8 Å². The molecule has 20 heavy (non-hydrogen) atoms. The first-order valence-electron chi connectivity index (χ1n) is 6.30. The van der Waals surface area contributed by atoms with Crippen LogP contribution < -0.4 is 10.6 Å². The molecule has 0 saturated carbocycles. The first-order chi connectivity index (χ1) is 9.49. The number of pyridine rings is 1. The van der Waals surface area contributed by atoms with E-state index in [1.165, 1.54) is 11.3 Å². The van der Waals surface area contributed by atoms with Crippen LogP contribution in [0, 0.1) is 6.92 Å². The van der Waals surface area contributed by atoms with E-state index in [4.69, 9.17) is 0 Å². The van der Waals surface area contributed by atoms with Gasteiger partial charge in [0.1, 0.15) is 10.8 Å². The van der Waals surface area contributed by atoms with E-state index in [0.717, 1.165) is 10.7 Å². The summed E-state index contributed by atoms with van der Waals surface area (Å²) >= 11 is 1.35. The van der Waals surface area contributed by atoms with E-state index in [2.05, 4.69) is 25.8 Å². The second kappa shape index (κ2) is 5.96. The Bertz CT molecular complexity index is 623. The summed E-state index contributed by atoms with van der Waals surface area (Å²) < 4.78 is 0. The first kappa shape index (κ1) is 14.4. The molecular weight excluding hydrogens is 274 g/mol. The number of amides is 1. The van der Waals surface area contributed by atoms with E-state index < -0.39 is 0 Å². The van der Waals surface area contributed by atoms with Gasteiger partial charge in [-0.3, -0.25) is 10.1 Å². The van der Waals surface area contributed by atoms with Gasteiger partial charge in [0, 0.05) is 18.3 Å². The van der Waals surface area contributed by atoms with Crippen LogP contribution in [0.15, 0.2) is 12.1 Å². The predicted molar refractivity (Wildman–Crippen MR) is 80.5 cm³/mol. The molecule has 0 unspecified atom stereocenters. The Hall–Kier alpha value is -2.02. The van der Waals surface area contributed by atoms with Crippen molar-refractivity contribution in [3.05, 3.63) is 28.4 Å². The Labute approximate surface area is 121 Å². The highest BCUT2D eigenvalue weighted by molar-refractivity contribution is 7.15. The SMILES string of the molecule is CNc1cc(C(=O)Nc2nnc(C)s2)cc(C(C)C)n1. The van der Waals surface area contributed by atoms with E-state index in [1.807, 2.05) is 20.8 Å². The third-order valence-corrected chi connectivity index (χ3v) is 3.46. The van der Waals surface area contributed by atoms with Crippen molar-refractivity contribution in [2.75, 3.05) is 17.7 Å². The van der Waals surface area contributed by atoms with Crippen LogP contribution in [-0.2, 0) is 0 Å². The predicted octanol–water partition coefficient (Wildman–Crippen LogP) is 2.66. The summed E-state index contributed by atoms with van der Waals surface area (Å²) in [5, 5.41) is 14.8. The minimum absolute atomic E-state index is 0.207. The van der Waals surface area contributed by atoms with Crippen molar-refractivity contribution < 1.29 is 4.79 Å². The highest BCUT2D eigenvalue weighted by atomic mass is 32.1. The number of anilines is 2. The van der Waals surface area contributed by atoms with Crippen molar-refractivity contribution in [2.45, 2.75) is 26.7 Å². The number of hydrogen-bond donors (Lipinski definition) is 2. The Balaban J connectivity index is 2.26. The number of carbonyl (C=O) groups excluding carboxylic acids is 1. The number of hydrogen-bond acceptors (Lipinski definition) is 6. The van der Waals surface area contributed by atoms with Gasteiger partial charge in [-0.1, -0.05) is 25.2 Å². The average molecular weight is 291 g/mol. The second-order valence-corrected chi connectivity index (χ2v) is 5.83. The minimum Gasteiger partial charge on any atom is -0.373 e. The number of aryl methyl sites for hydroxylation is 1. The zero-order valence-corrected chi connectivity index (χ0v) is 12.7. The van der Waals surface area contributed by atoms with Gasteiger partial charge in [-0.15, -0.1) is 10.2 Å². The molecule has 7 heteroatoms. The maximum absolute atomic E-state index is 12.2. The largest absolute Gasteiger partial charge is 0.373 e. The Morgan fingerprint density at radius 2 is 2.05 bits per heavy atom.